The second kappa shape index (κ2) is 10.6. The lowest BCUT2D eigenvalue weighted by atomic mass is 10.0. The smallest absolute Gasteiger partial charge is 0.243 e. The van der Waals surface area contributed by atoms with Gasteiger partial charge in [-0.15, -0.1) is 0 Å². The van der Waals surface area contributed by atoms with Crippen LogP contribution < -0.4 is 5.32 Å². The molecule has 9 heteroatoms. The van der Waals surface area contributed by atoms with Crippen molar-refractivity contribution in [1.29, 1.82) is 0 Å². The third kappa shape index (κ3) is 6.40. The standard InChI is InChI=1S/C23H30N2O5S2/c1-2-21-10-6-7-16-25(21)32(29,30)22-13-11-20(12-14-22)24-23(26)15-17-31(27,28)18-19-8-4-3-5-9-19/h3-5,8-9,11-14,21H,2,6-7,10,15-18H2,1H3,(H,24,26). The van der Waals surface area contributed by atoms with E-state index in [1.165, 1.54) is 24.3 Å². The predicted molar refractivity (Wildman–Crippen MR) is 125 cm³/mol. The van der Waals surface area contributed by atoms with Crippen LogP contribution in [0.15, 0.2) is 59.5 Å². The number of hydrogen-bond donors (Lipinski definition) is 1. The summed E-state index contributed by atoms with van der Waals surface area (Å²) in [6, 6.07) is 14.9. The van der Waals surface area contributed by atoms with Gasteiger partial charge in [0.05, 0.1) is 16.4 Å². The zero-order valence-corrected chi connectivity index (χ0v) is 19.9. The van der Waals surface area contributed by atoms with Crippen molar-refractivity contribution in [2.45, 2.75) is 55.7 Å². The van der Waals surface area contributed by atoms with E-state index in [0.717, 1.165) is 25.7 Å². The number of carbonyl (C=O) groups is 1. The molecule has 0 aliphatic carbocycles. The third-order valence-corrected chi connectivity index (χ3v) is 9.22. The van der Waals surface area contributed by atoms with E-state index in [0.29, 0.717) is 17.8 Å². The first-order valence-corrected chi connectivity index (χ1v) is 14.1. The van der Waals surface area contributed by atoms with Gasteiger partial charge in [0.2, 0.25) is 15.9 Å². The van der Waals surface area contributed by atoms with Crippen molar-refractivity contribution in [3.05, 3.63) is 60.2 Å². The lowest BCUT2D eigenvalue weighted by Gasteiger charge is -2.34. The van der Waals surface area contributed by atoms with Crippen LogP contribution in [0.3, 0.4) is 0 Å². The Morgan fingerprint density at radius 2 is 1.69 bits per heavy atom. The number of anilines is 1. The Kier molecular flexibility index (Phi) is 8.08. The summed E-state index contributed by atoms with van der Waals surface area (Å²) in [7, 11) is -7.00. The molecule has 1 fully saturated rings. The Hall–Kier alpha value is -2.23. The van der Waals surface area contributed by atoms with Gasteiger partial charge < -0.3 is 5.32 Å². The van der Waals surface area contributed by atoms with Crippen molar-refractivity contribution in [2.75, 3.05) is 17.6 Å². The maximum atomic E-state index is 13.0. The molecule has 0 spiro atoms. The van der Waals surface area contributed by atoms with Gasteiger partial charge in [-0.3, -0.25) is 4.79 Å². The molecule has 0 aromatic heterocycles. The molecule has 1 aliphatic rings. The lowest BCUT2D eigenvalue weighted by Crippen LogP contribution is -2.43. The summed E-state index contributed by atoms with van der Waals surface area (Å²) in [5.74, 6) is -0.796. The maximum absolute atomic E-state index is 13.0. The van der Waals surface area contributed by atoms with E-state index in [4.69, 9.17) is 0 Å². The number of rotatable bonds is 9. The molecule has 2 aromatic carbocycles. The van der Waals surface area contributed by atoms with Gasteiger partial charge in [-0.2, -0.15) is 4.31 Å². The van der Waals surface area contributed by atoms with Gasteiger partial charge in [-0.25, -0.2) is 16.8 Å². The van der Waals surface area contributed by atoms with E-state index in [1.807, 2.05) is 13.0 Å². The number of sulfone groups is 1. The Labute approximate surface area is 190 Å². The molecule has 2 aromatic rings. The van der Waals surface area contributed by atoms with Gasteiger partial charge in [0.25, 0.3) is 0 Å². The van der Waals surface area contributed by atoms with Crippen LogP contribution in [0.2, 0.25) is 0 Å². The number of sulfonamides is 1. The monoisotopic (exact) mass is 478 g/mol. The zero-order chi connectivity index (χ0) is 23.2. The highest BCUT2D eigenvalue weighted by Crippen LogP contribution is 2.27. The Balaban J connectivity index is 1.57. The number of nitrogens with zero attached hydrogens (tertiary/aromatic N) is 1. The van der Waals surface area contributed by atoms with Crippen LogP contribution >= 0.6 is 0 Å². The fraction of sp³-hybridized carbons (Fsp3) is 0.435. The van der Waals surface area contributed by atoms with E-state index in [-0.39, 0.29) is 28.9 Å². The van der Waals surface area contributed by atoms with Gasteiger partial charge in [0, 0.05) is 24.7 Å². The molecule has 1 unspecified atom stereocenters. The van der Waals surface area contributed by atoms with E-state index in [9.17, 15) is 21.6 Å². The number of carbonyl (C=O) groups excluding carboxylic acids is 1. The Morgan fingerprint density at radius 3 is 2.34 bits per heavy atom. The van der Waals surface area contributed by atoms with E-state index >= 15 is 0 Å². The minimum atomic E-state index is -3.59. The lowest BCUT2D eigenvalue weighted by molar-refractivity contribution is -0.115. The quantitative estimate of drug-likeness (QED) is 0.594. The fourth-order valence-corrected chi connectivity index (χ4v) is 7.02. The highest BCUT2D eigenvalue weighted by Gasteiger charge is 2.32. The first kappa shape index (κ1) is 24.4. The molecule has 1 saturated heterocycles. The summed E-state index contributed by atoms with van der Waals surface area (Å²) in [4.78, 5) is 12.4. The van der Waals surface area contributed by atoms with Crippen LogP contribution in [0.25, 0.3) is 0 Å². The average molecular weight is 479 g/mol. The van der Waals surface area contributed by atoms with Crippen molar-refractivity contribution in [3.63, 3.8) is 0 Å². The van der Waals surface area contributed by atoms with Crippen molar-refractivity contribution in [1.82, 2.24) is 4.31 Å². The van der Waals surface area contributed by atoms with Crippen molar-refractivity contribution in [2.24, 2.45) is 0 Å². The summed E-state index contributed by atoms with van der Waals surface area (Å²) in [6.07, 6.45) is 3.38. The molecule has 0 radical (unpaired) electrons. The van der Waals surface area contributed by atoms with Gasteiger partial charge in [-0.1, -0.05) is 43.7 Å². The molecule has 174 valence electrons. The minimum absolute atomic E-state index is 0.0194. The number of piperidine rings is 1. The predicted octanol–water partition coefficient (Wildman–Crippen LogP) is 3.58. The molecule has 1 atom stereocenters. The number of benzene rings is 2. The average Bonchev–Trinajstić information content (AvgIpc) is 2.78. The first-order valence-electron chi connectivity index (χ1n) is 10.9. The van der Waals surface area contributed by atoms with Crippen LogP contribution in [0.4, 0.5) is 5.69 Å². The second-order valence-corrected chi connectivity index (χ2v) is 12.1. The van der Waals surface area contributed by atoms with Gasteiger partial charge >= 0.3 is 0 Å². The van der Waals surface area contributed by atoms with Crippen LogP contribution in [0, 0.1) is 0 Å². The van der Waals surface area contributed by atoms with Crippen LogP contribution in [-0.4, -0.2) is 45.4 Å². The topological polar surface area (TPSA) is 101 Å². The number of amides is 1. The molecule has 1 amide bonds. The highest BCUT2D eigenvalue weighted by molar-refractivity contribution is 7.90. The summed E-state index contributed by atoms with van der Waals surface area (Å²) in [5, 5.41) is 2.64. The third-order valence-electron chi connectivity index (χ3n) is 5.66. The SMILES string of the molecule is CCC1CCCCN1S(=O)(=O)c1ccc(NC(=O)CCS(=O)(=O)Cc2ccccc2)cc1. The molecule has 0 bridgehead atoms. The zero-order valence-electron chi connectivity index (χ0n) is 18.2. The Bertz CT molecular complexity index is 1110. The molecular weight excluding hydrogens is 448 g/mol. The summed E-state index contributed by atoms with van der Waals surface area (Å²) < 4.78 is 52.2. The number of nitrogens with one attached hydrogen (secondary N) is 1. The summed E-state index contributed by atoms with van der Waals surface area (Å²) in [5.41, 5.74) is 1.11. The van der Waals surface area contributed by atoms with Crippen molar-refractivity contribution in [3.8, 4) is 0 Å². The van der Waals surface area contributed by atoms with Crippen LogP contribution in [-0.2, 0) is 30.4 Å². The van der Waals surface area contributed by atoms with Crippen LogP contribution in [0.1, 0.15) is 44.6 Å². The fourth-order valence-electron chi connectivity index (χ4n) is 3.92. The van der Waals surface area contributed by atoms with Crippen LogP contribution in [0.5, 0.6) is 0 Å². The van der Waals surface area contributed by atoms with Gasteiger partial charge in [0.1, 0.15) is 0 Å². The van der Waals surface area contributed by atoms with E-state index in [2.05, 4.69) is 5.32 Å². The molecule has 1 N–H and O–H groups in total. The van der Waals surface area contributed by atoms with E-state index in [1.54, 1.807) is 28.6 Å². The Morgan fingerprint density at radius 1 is 1.00 bits per heavy atom. The number of hydrogen-bond acceptors (Lipinski definition) is 5. The first-order chi connectivity index (χ1) is 15.2. The summed E-state index contributed by atoms with van der Waals surface area (Å²) in [6.45, 7) is 2.52. The minimum Gasteiger partial charge on any atom is -0.326 e. The maximum Gasteiger partial charge on any atom is 0.243 e. The molecule has 0 saturated carbocycles. The van der Waals surface area contributed by atoms with Gasteiger partial charge in [-0.05, 0) is 49.1 Å². The van der Waals surface area contributed by atoms with Crippen molar-refractivity contribution >= 4 is 31.5 Å². The van der Waals surface area contributed by atoms with Gasteiger partial charge in [0.15, 0.2) is 9.84 Å². The van der Waals surface area contributed by atoms with E-state index < -0.39 is 25.8 Å². The molecule has 32 heavy (non-hydrogen) atoms. The highest BCUT2D eigenvalue weighted by atomic mass is 32.2. The molecule has 1 heterocycles. The van der Waals surface area contributed by atoms with Crippen molar-refractivity contribution < 1.29 is 21.6 Å². The normalized spacial score (nSPS) is 17.7. The molecule has 1 aliphatic heterocycles. The molecule has 3 rings (SSSR count). The summed E-state index contributed by atoms with van der Waals surface area (Å²) >= 11 is 0. The molecule has 7 nitrogen and oxygen atoms in total. The molecular formula is C23H30N2O5S2. The second-order valence-electron chi connectivity index (χ2n) is 8.07. The largest absolute Gasteiger partial charge is 0.326 e.